The van der Waals surface area contributed by atoms with Crippen LogP contribution >= 0.6 is 0 Å². The van der Waals surface area contributed by atoms with Gasteiger partial charge in [0.15, 0.2) is 29.6 Å². The van der Waals surface area contributed by atoms with Gasteiger partial charge in [0.25, 0.3) is 0 Å². The molecule has 34 heavy (non-hydrogen) atoms. The molecular weight excluding hydrogens is 468 g/mol. The van der Waals surface area contributed by atoms with E-state index in [-0.39, 0.29) is 0 Å². The van der Waals surface area contributed by atoms with E-state index in [0.29, 0.717) is 0 Å². The highest BCUT2D eigenvalue weighted by molar-refractivity contribution is 5.91. The number of esters is 1. The van der Waals surface area contributed by atoms with Crippen LogP contribution in [0.5, 0.6) is 17.2 Å². The van der Waals surface area contributed by atoms with Gasteiger partial charge in [0, 0.05) is 0 Å². The molecule has 1 aromatic carbocycles. The molecule has 0 radical (unpaired) electrons. The van der Waals surface area contributed by atoms with E-state index in [0.717, 1.165) is 12.1 Å². The topological polar surface area (TPSA) is 256 Å². The SMILES string of the molecule is O=C(O[C@@H]1[C@@H](CO)O[C@](CO)(O[C@@H]2O[C@@H](CO)[C@H](O)[C@H](O)[C@@H]2O)[C@H]1O)c1cc(O)c(O)c(O)c1. The normalized spacial score (nSPS) is 38.1. The summed E-state index contributed by atoms with van der Waals surface area (Å²) in [7, 11) is 0. The molecule has 3 rings (SSSR count). The summed E-state index contributed by atoms with van der Waals surface area (Å²) in [5, 5.41) is 98.1. The van der Waals surface area contributed by atoms with Gasteiger partial charge in [-0.1, -0.05) is 0 Å². The Kier molecular flexibility index (Phi) is 7.83. The third kappa shape index (κ3) is 4.63. The van der Waals surface area contributed by atoms with E-state index in [1.807, 2.05) is 0 Å². The Hall–Kier alpha value is -2.31. The molecule has 2 fully saturated rings. The van der Waals surface area contributed by atoms with E-state index in [9.17, 15) is 55.9 Å². The number of carbonyl (C=O) groups excluding carboxylic acids is 1. The van der Waals surface area contributed by atoms with Crippen LogP contribution in [0.2, 0.25) is 0 Å². The molecule has 2 heterocycles. The molecule has 0 aromatic heterocycles. The van der Waals surface area contributed by atoms with Crippen molar-refractivity contribution in [1.82, 2.24) is 0 Å². The lowest BCUT2D eigenvalue weighted by Gasteiger charge is -2.43. The summed E-state index contributed by atoms with van der Waals surface area (Å²) in [6, 6.07) is 1.52. The summed E-state index contributed by atoms with van der Waals surface area (Å²) in [6.45, 7) is -2.78. The molecule has 2 aliphatic heterocycles. The molecule has 10 N–H and O–H groups in total. The number of hydrogen-bond acceptors (Lipinski definition) is 15. The Morgan fingerprint density at radius 3 is 2.03 bits per heavy atom. The minimum Gasteiger partial charge on any atom is -0.504 e. The fourth-order valence-electron chi connectivity index (χ4n) is 3.67. The largest absolute Gasteiger partial charge is 0.504 e. The number of aliphatic hydroxyl groups is 7. The molecular formula is C19H26O15. The monoisotopic (exact) mass is 494 g/mol. The van der Waals surface area contributed by atoms with Crippen LogP contribution in [0.15, 0.2) is 12.1 Å². The summed E-state index contributed by atoms with van der Waals surface area (Å²) in [5.41, 5.74) is -0.451. The zero-order valence-corrected chi connectivity index (χ0v) is 17.4. The van der Waals surface area contributed by atoms with Crippen molar-refractivity contribution in [3.05, 3.63) is 17.7 Å². The first kappa shape index (κ1) is 26.3. The van der Waals surface area contributed by atoms with Crippen LogP contribution < -0.4 is 0 Å². The molecule has 2 aliphatic rings. The molecule has 192 valence electrons. The van der Waals surface area contributed by atoms with Gasteiger partial charge in [-0.15, -0.1) is 0 Å². The summed E-state index contributed by atoms with van der Waals surface area (Å²) >= 11 is 0. The van der Waals surface area contributed by atoms with E-state index in [1.165, 1.54) is 0 Å². The van der Waals surface area contributed by atoms with E-state index in [1.54, 1.807) is 0 Å². The lowest BCUT2D eigenvalue weighted by atomic mass is 9.99. The summed E-state index contributed by atoms with van der Waals surface area (Å²) < 4.78 is 21.0. The molecule has 0 amide bonds. The van der Waals surface area contributed by atoms with Crippen LogP contribution in [0.3, 0.4) is 0 Å². The number of rotatable bonds is 7. The molecule has 15 heteroatoms. The molecule has 0 bridgehead atoms. The highest BCUT2D eigenvalue weighted by atomic mass is 16.8. The minimum absolute atomic E-state index is 0.451. The number of aromatic hydroxyl groups is 3. The number of aliphatic hydroxyl groups excluding tert-OH is 7. The Balaban J connectivity index is 1.82. The van der Waals surface area contributed by atoms with Crippen molar-refractivity contribution >= 4 is 5.97 Å². The van der Waals surface area contributed by atoms with E-state index in [4.69, 9.17) is 18.9 Å². The lowest BCUT2D eigenvalue weighted by Crippen LogP contribution is -2.62. The second kappa shape index (κ2) is 10.1. The molecule has 15 nitrogen and oxygen atoms in total. The first-order valence-electron chi connectivity index (χ1n) is 10.0. The van der Waals surface area contributed by atoms with Gasteiger partial charge < -0.3 is 70.0 Å². The van der Waals surface area contributed by atoms with Crippen molar-refractivity contribution in [2.75, 3.05) is 19.8 Å². The summed E-state index contributed by atoms with van der Waals surface area (Å²) in [6.07, 6.45) is -13.9. The van der Waals surface area contributed by atoms with Gasteiger partial charge in [0.2, 0.25) is 5.79 Å². The first-order chi connectivity index (χ1) is 16.0. The average Bonchev–Trinajstić information content (AvgIpc) is 3.08. The van der Waals surface area contributed by atoms with Crippen molar-refractivity contribution in [3.8, 4) is 17.2 Å². The standard InChI is InChI=1S/C19H26O15/c20-3-9-12(26)13(27)14(28)18(31-9)34-19(5-22)16(29)15(10(4-21)33-19)32-17(30)6-1-7(23)11(25)8(24)2-6/h1-2,9-10,12-16,18,20-29H,3-5H2/t9-,10+,12-,13-,14-,15+,16-,18-,19+/m0/s1. The van der Waals surface area contributed by atoms with E-state index >= 15 is 0 Å². The van der Waals surface area contributed by atoms with Crippen molar-refractivity contribution in [2.45, 2.75) is 54.8 Å². The fourth-order valence-corrected chi connectivity index (χ4v) is 3.67. The number of benzene rings is 1. The van der Waals surface area contributed by atoms with Gasteiger partial charge in [-0.05, 0) is 12.1 Å². The quantitative estimate of drug-likeness (QED) is 0.127. The Labute approximate surface area is 191 Å². The summed E-state index contributed by atoms with van der Waals surface area (Å²) in [4.78, 5) is 12.5. The second-order valence-corrected chi connectivity index (χ2v) is 7.80. The van der Waals surface area contributed by atoms with E-state index < -0.39 is 103 Å². The third-order valence-corrected chi connectivity index (χ3v) is 5.59. The van der Waals surface area contributed by atoms with Crippen molar-refractivity contribution < 1.29 is 74.8 Å². The van der Waals surface area contributed by atoms with Crippen LogP contribution in [0.4, 0.5) is 0 Å². The minimum atomic E-state index is -2.47. The van der Waals surface area contributed by atoms with Crippen molar-refractivity contribution in [3.63, 3.8) is 0 Å². The zero-order valence-electron chi connectivity index (χ0n) is 17.4. The van der Waals surface area contributed by atoms with Gasteiger partial charge in [0.1, 0.15) is 43.2 Å². The highest BCUT2D eigenvalue weighted by Gasteiger charge is 2.60. The van der Waals surface area contributed by atoms with Gasteiger partial charge in [-0.3, -0.25) is 0 Å². The first-order valence-corrected chi connectivity index (χ1v) is 10.0. The average molecular weight is 494 g/mol. The highest BCUT2D eigenvalue weighted by Crippen LogP contribution is 2.39. The number of carbonyl (C=O) groups is 1. The lowest BCUT2D eigenvalue weighted by molar-refractivity contribution is -0.383. The number of hydrogen-bond donors (Lipinski definition) is 10. The third-order valence-electron chi connectivity index (χ3n) is 5.59. The molecule has 1 aromatic rings. The van der Waals surface area contributed by atoms with Gasteiger partial charge in [-0.25, -0.2) is 4.79 Å². The van der Waals surface area contributed by atoms with Crippen molar-refractivity contribution in [2.24, 2.45) is 0 Å². The molecule has 9 atom stereocenters. The van der Waals surface area contributed by atoms with Crippen molar-refractivity contribution in [1.29, 1.82) is 0 Å². The Morgan fingerprint density at radius 1 is 0.912 bits per heavy atom. The molecule has 0 unspecified atom stereocenters. The summed E-state index contributed by atoms with van der Waals surface area (Å²) in [5.74, 6) is -6.28. The molecule has 0 aliphatic carbocycles. The van der Waals surface area contributed by atoms with Crippen LogP contribution in [0.25, 0.3) is 0 Å². The van der Waals surface area contributed by atoms with Crippen LogP contribution in [0.1, 0.15) is 10.4 Å². The Bertz CT molecular complexity index is 854. The maximum Gasteiger partial charge on any atom is 0.338 e. The fraction of sp³-hybridized carbons (Fsp3) is 0.632. The number of phenolic OH excluding ortho intramolecular Hbond substituents is 3. The Morgan fingerprint density at radius 2 is 1.50 bits per heavy atom. The molecule has 2 saturated heterocycles. The van der Waals surface area contributed by atoms with Crippen LogP contribution in [-0.4, -0.2) is 132 Å². The predicted octanol–water partition coefficient (Wildman–Crippen LogP) is -4.41. The van der Waals surface area contributed by atoms with E-state index in [2.05, 4.69) is 0 Å². The second-order valence-electron chi connectivity index (χ2n) is 7.80. The number of phenols is 3. The molecule has 0 saturated carbocycles. The number of ether oxygens (including phenoxy) is 4. The van der Waals surface area contributed by atoms with Gasteiger partial charge >= 0.3 is 5.97 Å². The van der Waals surface area contributed by atoms with Gasteiger partial charge in [0.05, 0.1) is 18.8 Å². The maximum atomic E-state index is 12.5. The predicted molar refractivity (Wildman–Crippen MR) is 103 cm³/mol. The van der Waals surface area contributed by atoms with Crippen LogP contribution in [-0.2, 0) is 18.9 Å². The maximum absolute atomic E-state index is 12.5. The molecule has 0 spiro atoms. The zero-order chi connectivity index (χ0) is 25.4. The van der Waals surface area contributed by atoms with Crippen LogP contribution in [0, 0.1) is 0 Å². The van der Waals surface area contributed by atoms with Gasteiger partial charge in [-0.2, -0.15) is 0 Å². The smallest absolute Gasteiger partial charge is 0.338 e.